The van der Waals surface area contributed by atoms with Crippen molar-refractivity contribution in [3.05, 3.63) is 72.2 Å². The first-order valence-electron chi connectivity index (χ1n) is 9.38. The summed E-state index contributed by atoms with van der Waals surface area (Å²) < 4.78 is 13.1. The van der Waals surface area contributed by atoms with Crippen molar-refractivity contribution >= 4 is 29.9 Å². The van der Waals surface area contributed by atoms with E-state index in [9.17, 15) is 0 Å². The highest BCUT2D eigenvalue weighted by atomic mass is 127. The highest BCUT2D eigenvalue weighted by Crippen LogP contribution is 2.23. The maximum absolute atomic E-state index is 5.78. The van der Waals surface area contributed by atoms with Crippen LogP contribution in [0.3, 0.4) is 0 Å². The number of aryl methyl sites for hydroxylation is 1. The van der Waals surface area contributed by atoms with Gasteiger partial charge in [-0.15, -0.1) is 24.0 Å². The molecule has 2 aromatic heterocycles. The first-order chi connectivity index (χ1) is 14.1. The summed E-state index contributed by atoms with van der Waals surface area (Å²) >= 11 is 0. The fraction of sp³-hybridized carbons (Fsp3) is 0.273. The SMILES string of the molecule is CN=C(NCc1ccc(Oc2cccc(OC)c2)nc1)N(C)Cc1cccn1C.I. The fourth-order valence-electron chi connectivity index (χ4n) is 2.91. The number of ether oxygens (including phenoxy) is 2. The number of halogens is 1. The molecule has 160 valence electrons. The molecule has 7 nitrogen and oxygen atoms in total. The molecule has 0 amide bonds. The monoisotopic (exact) mass is 521 g/mol. The second-order valence-electron chi connectivity index (χ2n) is 6.65. The smallest absolute Gasteiger partial charge is 0.219 e. The Morgan fingerprint density at radius 1 is 1.17 bits per heavy atom. The van der Waals surface area contributed by atoms with Gasteiger partial charge >= 0.3 is 0 Å². The van der Waals surface area contributed by atoms with Crippen molar-refractivity contribution in [1.29, 1.82) is 0 Å². The molecule has 0 aliphatic carbocycles. The van der Waals surface area contributed by atoms with Gasteiger partial charge < -0.3 is 24.3 Å². The van der Waals surface area contributed by atoms with E-state index in [4.69, 9.17) is 9.47 Å². The normalized spacial score (nSPS) is 10.9. The van der Waals surface area contributed by atoms with Crippen LogP contribution in [0.4, 0.5) is 0 Å². The van der Waals surface area contributed by atoms with Gasteiger partial charge in [-0.1, -0.05) is 12.1 Å². The summed E-state index contributed by atoms with van der Waals surface area (Å²) in [5.41, 5.74) is 2.26. The Morgan fingerprint density at radius 3 is 2.60 bits per heavy atom. The number of rotatable bonds is 7. The Hall–Kier alpha value is -2.75. The number of hydrogen-bond acceptors (Lipinski definition) is 4. The lowest BCUT2D eigenvalue weighted by Crippen LogP contribution is -2.38. The Morgan fingerprint density at radius 2 is 1.97 bits per heavy atom. The summed E-state index contributed by atoms with van der Waals surface area (Å²) in [6, 6.07) is 15.4. The lowest BCUT2D eigenvalue weighted by atomic mass is 10.3. The summed E-state index contributed by atoms with van der Waals surface area (Å²) in [5.74, 6) is 2.79. The largest absolute Gasteiger partial charge is 0.497 e. The van der Waals surface area contributed by atoms with Crippen LogP contribution in [0.15, 0.2) is 65.9 Å². The molecule has 0 fully saturated rings. The van der Waals surface area contributed by atoms with E-state index >= 15 is 0 Å². The van der Waals surface area contributed by atoms with E-state index in [0.717, 1.165) is 23.8 Å². The minimum atomic E-state index is 0. The van der Waals surface area contributed by atoms with Crippen LogP contribution >= 0.6 is 24.0 Å². The number of pyridine rings is 1. The number of methoxy groups -OCH3 is 1. The van der Waals surface area contributed by atoms with Crippen LogP contribution in [-0.4, -0.2) is 41.6 Å². The molecule has 3 rings (SSSR count). The van der Waals surface area contributed by atoms with E-state index in [1.807, 2.05) is 62.8 Å². The van der Waals surface area contributed by atoms with Crippen LogP contribution in [0.5, 0.6) is 17.4 Å². The molecule has 0 radical (unpaired) electrons. The zero-order valence-electron chi connectivity index (χ0n) is 17.7. The van der Waals surface area contributed by atoms with Gasteiger partial charge in [-0.3, -0.25) is 4.99 Å². The van der Waals surface area contributed by atoms with Gasteiger partial charge in [0, 0.05) is 57.9 Å². The van der Waals surface area contributed by atoms with E-state index in [1.165, 1.54) is 5.69 Å². The molecular formula is C22H28IN5O2. The molecular weight excluding hydrogens is 493 g/mol. The standard InChI is InChI=1S/C22H27N5O2.HI/c1-23-22(27(3)16-18-7-6-12-26(18)2)25-15-17-10-11-21(24-14-17)29-20-9-5-8-19(13-20)28-4;/h5-14H,15-16H2,1-4H3,(H,23,25);1H. The van der Waals surface area contributed by atoms with Gasteiger partial charge in [-0.2, -0.15) is 0 Å². The van der Waals surface area contributed by atoms with Crippen LogP contribution in [0.2, 0.25) is 0 Å². The fourth-order valence-corrected chi connectivity index (χ4v) is 2.91. The Bertz CT molecular complexity index is 956. The zero-order chi connectivity index (χ0) is 20.6. The molecule has 0 unspecified atom stereocenters. The first-order valence-corrected chi connectivity index (χ1v) is 9.38. The number of aromatic nitrogens is 2. The summed E-state index contributed by atoms with van der Waals surface area (Å²) in [7, 11) is 7.48. The molecule has 0 saturated carbocycles. The van der Waals surface area contributed by atoms with Crippen molar-refractivity contribution in [2.45, 2.75) is 13.1 Å². The van der Waals surface area contributed by atoms with Gasteiger partial charge in [-0.25, -0.2) is 4.98 Å². The summed E-state index contributed by atoms with van der Waals surface area (Å²) in [5, 5.41) is 3.37. The maximum atomic E-state index is 5.78. The van der Waals surface area contributed by atoms with Gasteiger partial charge in [-0.05, 0) is 29.8 Å². The average molecular weight is 521 g/mol. The Balaban J connectivity index is 0.00000320. The minimum Gasteiger partial charge on any atom is -0.497 e. The average Bonchev–Trinajstić information content (AvgIpc) is 3.14. The third kappa shape index (κ3) is 6.38. The summed E-state index contributed by atoms with van der Waals surface area (Å²) in [4.78, 5) is 10.8. The molecule has 2 heterocycles. The maximum Gasteiger partial charge on any atom is 0.219 e. The first kappa shape index (κ1) is 23.5. The molecule has 30 heavy (non-hydrogen) atoms. The van der Waals surface area contributed by atoms with Gasteiger partial charge in [0.05, 0.1) is 13.7 Å². The zero-order valence-corrected chi connectivity index (χ0v) is 20.0. The molecule has 0 bridgehead atoms. The topological polar surface area (TPSA) is 63.9 Å². The second kappa shape index (κ2) is 11.4. The second-order valence-corrected chi connectivity index (χ2v) is 6.65. The van der Waals surface area contributed by atoms with Gasteiger partial charge in [0.25, 0.3) is 0 Å². The van der Waals surface area contributed by atoms with Crippen molar-refractivity contribution in [2.24, 2.45) is 12.0 Å². The molecule has 0 atom stereocenters. The number of hydrogen-bond donors (Lipinski definition) is 1. The van der Waals surface area contributed by atoms with Crippen LogP contribution in [0.1, 0.15) is 11.3 Å². The third-order valence-corrected chi connectivity index (χ3v) is 4.54. The third-order valence-electron chi connectivity index (χ3n) is 4.54. The summed E-state index contributed by atoms with van der Waals surface area (Å²) in [6.07, 6.45) is 3.84. The van der Waals surface area contributed by atoms with Crippen LogP contribution in [0, 0.1) is 0 Å². The summed E-state index contributed by atoms with van der Waals surface area (Å²) in [6.45, 7) is 1.39. The van der Waals surface area contributed by atoms with Crippen molar-refractivity contribution < 1.29 is 9.47 Å². The molecule has 1 N–H and O–H groups in total. The Kier molecular flexibility index (Phi) is 8.97. The number of benzene rings is 1. The number of guanidine groups is 1. The van der Waals surface area contributed by atoms with E-state index in [1.54, 1.807) is 20.4 Å². The molecule has 0 aliphatic heterocycles. The van der Waals surface area contributed by atoms with E-state index in [2.05, 4.69) is 30.8 Å². The number of nitrogens with zero attached hydrogens (tertiary/aromatic N) is 4. The lowest BCUT2D eigenvalue weighted by Gasteiger charge is -2.22. The number of aliphatic imine (C=N–C) groups is 1. The Labute approximate surface area is 194 Å². The quantitative estimate of drug-likeness (QED) is 0.289. The van der Waals surface area contributed by atoms with Crippen LogP contribution in [0.25, 0.3) is 0 Å². The van der Waals surface area contributed by atoms with E-state index < -0.39 is 0 Å². The molecule has 1 aromatic carbocycles. The van der Waals surface area contributed by atoms with Gasteiger partial charge in [0.15, 0.2) is 5.96 Å². The van der Waals surface area contributed by atoms with Gasteiger partial charge in [0.1, 0.15) is 11.5 Å². The highest BCUT2D eigenvalue weighted by molar-refractivity contribution is 14.0. The van der Waals surface area contributed by atoms with E-state index in [-0.39, 0.29) is 24.0 Å². The molecule has 0 aliphatic rings. The predicted octanol–water partition coefficient (Wildman–Crippen LogP) is 4.05. The predicted molar refractivity (Wildman–Crippen MR) is 130 cm³/mol. The van der Waals surface area contributed by atoms with E-state index in [0.29, 0.717) is 18.2 Å². The minimum absolute atomic E-state index is 0. The van der Waals surface area contributed by atoms with Crippen LogP contribution in [-0.2, 0) is 20.1 Å². The van der Waals surface area contributed by atoms with Gasteiger partial charge in [0.2, 0.25) is 5.88 Å². The van der Waals surface area contributed by atoms with Crippen LogP contribution < -0.4 is 14.8 Å². The lowest BCUT2D eigenvalue weighted by molar-refractivity contribution is 0.407. The van der Waals surface area contributed by atoms with Crippen molar-refractivity contribution in [3.8, 4) is 17.4 Å². The molecule has 0 spiro atoms. The molecule has 3 aromatic rings. The number of nitrogens with one attached hydrogen (secondary N) is 1. The molecule has 8 heteroatoms. The highest BCUT2D eigenvalue weighted by Gasteiger charge is 2.09. The molecule has 0 saturated heterocycles. The van der Waals surface area contributed by atoms with Crippen molar-refractivity contribution in [1.82, 2.24) is 19.8 Å². The van der Waals surface area contributed by atoms with Crippen molar-refractivity contribution in [2.75, 3.05) is 21.2 Å². The van der Waals surface area contributed by atoms with Crippen molar-refractivity contribution in [3.63, 3.8) is 0 Å².